The number of hydrogen-bond acceptors (Lipinski definition) is 6. The molecule has 0 spiro atoms. The summed E-state index contributed by atoms with van der Waals surface area (Å²) < 4.78 is 5.01. The number of carbonyl (C=O) groups excluding carboxylic acids is 3. The van der Waals surface area contributed by atoms with Crippen LogP contribution in [-0.4, -0.2) is 48.1 Å². The molecular weight excluding hydrogens is 264 g/mol. The summed E-state index contributed by atoms with van der Waals surface area (Å²) in [4.78, 5) is 39.1. The molecule has 1 fully saturated rings. The van der Waals surface area contributed by atoms with E-state index < -0.39 is 23.7 Å². The summed E-state index contributed by atoms with van der Waals surface area (Å²) in [6.07, 6.45) is 1.53. The quantitative estimate of drug-likeness (QED) is 0.760. The molecule has 1 atom stereocenters. The molecule has 7 nitrogen and oxygen atoms in total. The lowest BCUT2D eigenvalue weighted by atomic mass is 10.2. The molecule has 20 heavy (non-hydrogen) atoms. The maximum absolute atomic E-state index is 11.6. The molecule has 1 N–H and O–H groups in total. The van der Waals surface area contributed by atoms with Gasteiger partial charge >= 0.3 is 12.1 Å². The van der Waals surface area contributed by atoms with Gasteiger partial charge in [0, 0.05) is 13.1 Å². The highest BCUT2D eigenvalue weighted by Crippen LogP contribution is 2.09. The van der Waals surface area contributed by atoms with Crippen LogP contribution in [-0.2, 0) is 19.2 Å². The minimum absolute atomic E-state index is 0.209. The molecule has 7 heteroatoms. The second-order valence-corrected chi connectivity index (χ2v) is 5.69. The van der Waals surface area contributed by atoms with Crippen LogP contribution in [0.4, 0.5) is 4.79 Å². The Balaban J connectivity index is 2.36. The van der Waals surface area contributed by atoms with E-state index in [0.717, 1.165) is 12.8 Å². The standard InChI is InChI=1S/C13H22N2O5/c1-13(2,3)19-12(18)14-10(9-16)8-11(17)20-15-6-4-5-7-15/h9-10H,4-8H2,1-3H3,(H,14,18)/t10-/m0/s1. The fourth-order valence-electron chi connectivity index (χ4n) is 1.73. The number of amides is 1. The van der Waals surface area contributed by atoms with Crippen molar-refractivity contribution in [3.05, 3.63) is 0 Å². The minimum atomic E-state index is -0.944. The number of nitrogens with zero attached hydrogens (tertiary/aromatic N) is 1. The number of ether oxygens (including phenoxy) is 1. The van der Waals surface area contributed by atoms with Crippen molar-refractivity contribution in [2.75, 3.05) is 13.1 Å². The number of hydroxylamine groups is 2. The summed E-state index contributed by atoms with van der Waals surface area (Å²) in [7, 11) is 0. The Kier molecular flexibility index (Phi) is 5.94. The molecule has 0 aromatic heterocycles. The second-order valence-electron chi connectivity index (χ2n) is 5.69. The molecular formula is C13H22N2O5. The van der Waals surface area contributed by atoms with Gasteiger partial charge in [0.25, 0.3) is 0 Å². The predicted octanol–water partition coefficient (Wildman–Crippen LogP) is 1.02. The van der Waals surface area contributed by atoms with Crippen molar-refractivity contribution in [2.24, 2.45) is 0 Å². The molecule has 1 aliphatic heterocycles. The summed E-state index contributed by atoms with van der Waals surface area (Å²) >= 11 is 0. The second kappa shape index (κ2) is 7.23. The molecule has 1 saturated heterocycles. The predicted molar refractivity (Wildman–Crippen MR) is 70.7 cm³/mol. The van der Waals surface area contributed by atoms with Crippen molar-refractivity contribution in [1.29, 1.82) is 0 Å². The molecule has 1 heterocycles. The maximum atomic E-state index is 11.6. The van der Waals surface area contributed by atoms with Crippen molar-refractivity contribution in [2.45, 2.75) is 51.7 Å². The lowest BCUT2D eigenvalue weighted by Gasteiger charge is -2.21. The van der Waals surface area contributed by atoms with Gasteiger partial charge < -0.3 is 19.7 Å². The van der Waals surface area contributed by atoms with Gasteiger partial charge in [-0.25, -0.2) is 4.79 Å². The number of hydrogen-bond donors (Lipinski definition) is 1. The molecule has 0 unspecified atom stereocenters. The van der Waals surface area contributed by atoms with Crippen LogP contribution in [0, 0.1) is 0 Å². The summed E-state index contributed by atoms with van der Waals surface area (Å²) in [5.74, 6) is -0.542. The first kappa shape index (κ1) is 16.4. The third-order valence-corrected chi connectivity index (χ3v) is 2.55. The number of aldehydes is 1. The van der Waals surface area contributed by atoms with Crippen molar-refractivity contribution < 1.29 is 24.0 Å². The SMILES string of the molecule is CC(C)(C)OC(=O)N[C@H](C=O)CC(=O)ON1CCCC1. The average molecular weight is 286 g/mol. The summed E-state index contributed by atoms with van der Waals surface area (Å²) in [5.41, 5.74) is -0.659. The van der Waals surface area contributed by atoms with Crippen LogP contribution in [0.5, 0.6) is 0 Å². The molecule has 114 valence electrons. The first-order chi connectivity index (χ1) is 9.30. The Hall–Kier alpha value is -1.63. The van der Waals surface area contributed by atoms with Crippen LogP contribution < -0.4 is 5.32 Å². The number of nitrogens with one attached hydrogen (secondary N) is 1. The van der Waals surface area contributed by atoms with Gasteiger partial charge in [0.2, 0.25) is 0 Å². The van der Waals surface area contributed by atoms with Crippen molar-refractivity contribution >= 4 is 18.3 Å². The maximum Gasteiger partial charge on any atom is 0.408 e. The Bertz CT molecular complexity index is 358. The van der Waals surface area contributed by atoms with Gasteiger partial charge in [-0.3, -0.25) is 4.79 Å². The van der Waals surface area contributed by atoms with E-state index in [1.807, 2.05) is 0 Å². The zero-order valence-corrected chi connectivity index (χ0v) is 12.2. The van der Waals surface area contributed by atoms with Gasteiger partial charge in [-0.15, -0.1) is 5.06 Å². The Labute approximate surface area is 118 Å². The molecule has 0 aliphatic carbocycles. The van der Waals surface area contributed by atoms with Gasteiger partial charge in [-0.2, -0.15) is 0 Å². The molecule has 0 aromatic carbocycles. The van der Waals surface area contributed by atoms with Crippen molar-refractivity contribution in [1.82, 2.24) is 10.4 Å². The van der Waals surface area contributed by atoms with E-state index in [4.69, 9.17) is 9.57 Å². The number of rotatable bonds is 5. The Morgan fingerprint density at radius 2 is 1.90 bits per heavy atom. The van der Waals surface area contributed by atoms with E-state index in [1.54, 1.807) is 25.8 Å². The van der Waals surface area contributed by atoms with Crippen molar-refractivity contribution in [3.8, 4) is 0 Å². The van der Waals surface area contributed by atoms with Gasteiger partial charge in [-0.1, -0.05) is 0 Å². The molecule has 0 bridgehead atoms. The highest BCUT2D eigenvalue weighted by atomic mass is 16.7. The normalized spacial score (nSPS) is 17.4. The first-order valence-electron chi connectivity index (χ1n) is 6.71. The molecule has 0 saturated carbocycles. The van der Waals surface area contributed by atoms with Gasteiger partial charge in [0.05, 0.1) is 12.5 Å². The van der Waals surface area contributed by atoms with Gasteiger partial charge in [0.1, 0.15) is 11.9 Å². The third kappa shape index (κ3) is 6.51. The highest BCUT2D eigenvalue weighted by molar-refractivity contribution is 5.79. The molecule has 1 amide bonds. The summed E-state index contributed by atoms with van der Waals surface area (Å²) in [5, 5.41) is 3.90. The van der Waals surface area contributed by atoms with Crippen LogP contribution in [0.15, 0.2) is 0 Å². The summed E-state index contributed by atoms with van der Waals surface area (Å²) in [6.45, 7) is 6.55. The fraction of sp³-hybridized carbons (Fsp3) is 0.769. The zero-order chi connectivity index (χ0) is 15.2. The minimum Gasteiger partial charge on any atom is -0.444 e. The van der Waals surface area contributed by atoms with Crippen LogP contribution in [0.3, 0.4) is 0 Å². The molecule has 1 rings (SSSR count). The van der Waals surface area contributed by atoms with Gasteiger partial charge in [0.15, 0.2) is 0 Å². The Morgan fingerprint density at radius 3 is 2.40 bits per heavy atom. The molecule has 1 aliphatic rings. The lowest BCUT2D eigenvalue weighted by molar-refractivity contribution is -0.185. The summed E-state index contributed by atoms with van der Waals surface area (Å²) in [6, 6.07) is -0.944. The lowest BCUT2D eigenvalue weighted by Crippen LogP contribution is -2.41. The van der Waals surface area contributed by atoms with E-state index in [2.05, 4.69) is 5.32 Å². The zero-order valence-electron chi connectivity index (χ0n) is 12.2. The number of alkyl carbamates (subject to hydrolysis) is 1. The monoisotopic (exact) mass is 286 g/mol. The van der Waals surface area contributed by atoms with E-state index in [0.29, 0.717) is 19.4 Å². The van der Waals surface area contributed by atoms with E-state index in [-0.39, 0.29) is 6.42 Å². The average Bonchev–Trinajstić information content (AvgIpc) is 2.78. The first-order valence-corrected chi connectivity index (χ1v) is 6.71. The van der Waals surface area contributed by atoms with E-state index in [9.17, 15) is 14.4 Å². The Morgan fingerprint density at radius 1 is 1.30 bits per heavy atom. The van der Waals surface area contributed by atoms with Gasteiger partial charge in [-0.05, 0) is 33.6 Å². The topological polar surface area (TPSA) is 84.9 Å². The van der Waals surface area contributed by atoms with Crippen LogP contribution >= 0.6 is 0 Å². The highest BCUT2D eigenvalue weighted by Gasteiger charge is 2.23. The third-order valence-electron chi connectivity index (χ3n) is 2.55. The molecule has 0 radical (unpaired) electrons. The fourth-order valence-corrected chi connectivity index (χ4v) is 1.73. The van der Waals surface area contributed by atoms with E-state index in [1.165, 1.54) is 0 Å². The number of carbonyl (C=O) groups is 3. The van der Waals surface area contributed by atoms with Crippen LogP contribution in [0.2, 0.25) is 0 Å². The largest absolute Gasteiger partial charge is 0.444 e. The molecule has 0 aromatic rings. The van der Waals surface area contributed by atoms with Crippen molar-refractivity contribution in [3.63, 3.8) is 0 Å². The van der Waals surface area contributed by atoms with E-state index >= 15 is 0 Å². The smallest absolute Gasteiger partial charge is 0.408 e. The van der Waals surface area contributed by atoms with Crippen LogP contribution in [0.1, 0.15) is 40.0 Å². The van der Waals surface area contributed by atoms with Crippen LogP contribution in [0.25, 0.3) is 0 Å².